The largest absolute Gasteiger partial charge is 0.304 e. The third-order valence-electron chi connectivity index (χ3n) is 4.11. The predicted octanol–water partition coefficient (Wildman–Crippen LogP) is 3.04. The quantitative estimate of drug-likeness (QED) is 0.685. The summed E-state index contributed by atoms with van der Waals surface area (Å²) in [5, 5.41) is 5.33. The van der Waals surface area contributed by atoms with Gasteiger partial charge >= 0.3 is 0 Å². The summed E-state index contributed by atoms with van der Waals surface area (Å²) >= 11 is 0. The van der Waals surface area contributed by atoms with Crippen molar-refractivity contribution in [2.75, 3.05) is 4.90 Å². The number of aryl methyl sites for hydroxylation is 2. The second-order valence-electron chi connectivity index (χ2n) is 5.56. The van der Waals surface area contributed by atoms with Crippen LogP contribution in [-0.4, -0.2) is 15.7 Å². The Bertz CT molecular complexity index is 879. The second-order valence-corrected chi connectivity index (χ2v) is 5.56. The van der Waals surface area contributed by atoms with Crippen LogP contribution in [0.3, 0.4) is 0 Å². The Morgan fingerprint density at radius 3 is 2.86 bits per heavy atom. The van der Waals surface area contributed by atoms with E-state index in [1.807, 2.05) is 60.1 Å². The highest BCUT2D eigenvalue weighted by Crippen LogP contribution is 2.30. The van der Waals surface area contributed by atoms with Crippen molar-refractivity contribution in [2.45, 2.75) is 13.5 Å². The third kappa shape index (κ3) is 1.76. The SMILES string of the molecule is Cc1ccc2c(c1)C(=O)N(c1ccc3cnn(C)c3c1)C2. The van der Waals surface area contributed by atoms with Crippen LogP contribution < -0.4 is 4.90 Å². The van der Waals surface area contributed by atoms with Gasteiger partial charge in [0.1, 0.15) is 0 Å². The third-order valence-corrected chi connectivity index (χ3v) is 4.11. The molecule has 0 saturated heterocycles. The first-order valence-corrected chi connectivity index (χ1v) is 6.96. The molecule has 0 saturated carbocycles. The first kappa shape index (κ1) is 12.1. The molecule has 21 heavy (non-hydrogen) atoms. The lowest BCUT2D eigenvalue weighted by Gasteiger charge is -2.16. The van der Waals surface area contributed by atoms with Crippen LogP contribution in [0.25, 0.3) is 10.9 Å². The van der Waals surface area contributed by atoms with Gasteiger partial charge in [0, 0.05) is 23.7 Å². The Labute approximate surface area is 122 Å². The summed E-state index contributed by atoms with van der Waals surface area (Å²) in [6.07, 6.45) is 1.84. The molecule has 2 aromatic carbocycles. The minimum absolute atomic E-state index is 0.0789. The zero-order valence-corrected chi connectivity index (χ0v) is 12.0. The van der Waals surface area contributed by atoms with E-state index in [-0.39, 0.29) is 5.91 Å². The summed E-state index contributed by atoms with van der Waals surface area (Å²) in [5.74, 6) is 0.0789. The van der Waals surface area contributed by atoms with Crippen molar-refractivity contribution < 1.29 is 4.79 Å². The van der Waals surface area contributed by atoms with Crippen LogP contribution in [0.15, 0.2) is 42.6 Å². The van der Waals surface area contributed by atoms with Crippen molar-refractivity contribution in [3.63, 3.8) is 0 Å². The van der Waals surface area contributed by atoms with Gasteiger partial charge in [-0.3, -0.25) is 9.48 Å². The number of carbonyl (C=O) groups is 1. The molecular formula is C17H15N3O. The number of amides is 1. The van der Waals surface area contributed by atoms with Crippen molar-refractivity contribution in [3.8, 4) is 0 Å². The molecule has 4 heteroatoms. The van der Waals surface area contributed by atoms with E-state index in [9.17, 15) is 4.79 Å². The molecular weight excluding hydrogens is 262 g/mol. The molecule has 0 spiro atoms. The summed E-state index contributed by atoms with van der Waals surface area (Å²) in [4.78, 5) is 14.4. The fourth-order valence-corrected chi connectivity index (χ4v) is 2.92. The van der Waals surface area contributed by atoms with Crippen LogP contribution >= 0.6 is 0 Å². The van der Waals surface area contributed by atoms with Gasteiger partial charge in [0.15, 0.2) is 0 Å². The van der Waals surface area contributed by atoms with E-state index in [4.69, 9.17) is 0 Å². The van der Waals surface area contributed by atoms with E-state index in [2.05, 4.69) is 11.2 Å². The maximum Gasteiger partial charge on any atom is 0.258 e. The van der Waals surface area contributed by atoms with Gasteiger partial charge in [-0.05, 0) is 36.8 Å². The van der Waals surface area contributed by atoms with Gasteiger partial charge in [-0.15, -0.1) is 0 Å². The van der Waals surface area contributed by atoms with E-state index in [1.54, 1.807) is 0 Å². The van der Waals surface area contributed by atoms with Crippen LogP contribution in [0.4, 0.5) is 5.69 Å². The minimum atomic E-state index is 0.0789. The number of nitrogens with zero attached hydrogens (tertiary/aromatic N) is 3. The molecule has 0 N–H and O–H groups in total. The molecule has 4 rings (SSSR count). The molecule has 0 atom stereocenters. The van der Waals surface area contributed by atoms with Crippen molar-refractivity contribution >= 4 is 22.5 Å². The molecule has 1 amide bonds. The van der Waals surface area contributed by atoms with Crippen LogP contribution in [0.5, 0.6) is 0 Å². The zero-order valence-electron chi connectivity index (χ0n) is 12.0. The fourth-order valence-electron chi connectivity index (χ4n) is 2.92. The molecule has 1 aliphatic rings. The number of carbonyl (C=O) groups excluding carboxylic acids is 1. The lowest BCUT2D eigenvalue weighted by Crippen LogP contribution is -2.22. The highest BCUT2D eigenvalue weighted by molar-refractivity contribution is 6.10. The van der Waals surface area contributed by atoms with Crippen molar-refractivity contribution in [2.24, 2.45) is 7.05 Å². The van der Waals surface area contributed by atoms with Gasteiger partial charge in [0.25, 0.3) is 5.91 Å². The van der Waals surface area contributed by atoms with Gasteiger partial charge in [0.05, 0.1) is 18.3 Å². The first-order chi connectivity index (χ1) is 10.1. The number of hydrogen-bond acceptors (Lipinski definition) is 2. The summed E-state index contributed by atoms with van der Waals surface area (Å²) in [7, 11) is 1.91. The van der Waals surface area contributed by atoms with Gasteiger partial charge < -0.3 is 4.90 Å². The summed E-state index contributed by atoms with van der Waals surface area (Å²) in [6, 6.07) is 12.1. The average Bonchev–Trinajstić information content (AvgIpc) is 3.01. The van der Waals surface area contributed by atoms with E-state index >= 15 is 0 Å². The van der Waals surface area contributed by atoms with Crippen molar-refractivity contribution in [1.29, 1.82) is 0 Å². The normalized spacial score (nSPS) is 14.0. The Balaban J connectivity index is 1.80. The molecule has 0 radical (unpaired) electrons. The number of rotatable bonds is 1. The van der Waals surface area contributed by atoms with Crippen LogP contribution in [0.1, 0.15) is 21.5 Å². The predicted molar refractivity (Wildman–Crippen MR) is 82.4 cm³/mol. The average molecular weight is 277 g/mol. The molecule has 0 aliphatic carbocycles. The highest BCUT2D eigenvalue weighted by Gasteiger charge is 2.28. The van der Waals surface area contributed by atoms with Crippen LogP contribution in [0.2, 0.25) is 0 Å². The van der Waals surface area contributed by atoms with Crippen molar-refractivity contribution in [1.82, 2.24) is 9.78 Å². The van der Waals surface area contributed by atoms with Gasteiger partial charge in [-0.2, -0.15) is 5.10 Å². The lowest BCUT2D eigenvalue weighted by atomic mass is 10.1. The molecule has 0 fully saturated rings. The molecule has 1 aliphatic heterocycles. The van der Waals surface area contributed by atoms with E-state index in [1.165, 1.54) is 0 Å². The van der Waals surface area contributed by atoms with Gasteiger partial charge in [-0.25, -0.2) is 0 Å². The van der Waals surface area contributed by atoms with E-state index in [0.717, 1.165) is 33.3 Å². The summed E-state index contributed by atoms with van der Waals surface area (Å²) in [6.45, 7) is 2.65. The summed E-state index contributed by atoms with van der Waals surface area (Å²) < 4.78 is 1.83. The molecule has 0 unspecified atom stereocenters. The first-order valence-electron chi connectivity index (χ1n) is 6.96. The standard InChI is InChI=1S/C17H15N3O/c1-11-3-4-13-10-20(17(21)15(13)7-11)14-6-5-12-9-18-19(2)16(12)8-14/h3-9H,10H2,1-2H3. The second kappa shape index (κ2) is 4.19. The number of fused-ring (bicyclic) bond motifs is 2. The number of benzene rings is 2. The van der Waals surface area contributed by atoms with E-state index < -0.39 is 0 Å². The number of hydrogen-bond donors (Lipinski definition) is 0. The molecule has 3 aromatic rings. The monoisotopic (exact) mass is 277 g/mol. The smallest absolute Gasteiger partial charge is 0.258 e. The zero-order chi connectivity index (χ0) is 14.6. The Hall–Kier alpha value is -2.62. The van der Waals surface area contributed by atoms with Gasteiger partial charge in [-0.1, -0.05) is 17.7 Å². The Morgan fingerprint density at radius 2 is 2.00 bits per heavy atom. The maximum atomic E-state index is 12.6. The Morgan fingerprint density at radius 1 is 1.14 bits per heavy atom. The van der Waals surface area contributed by atoms with E-state index in [0.29, 0.717) is 6.54 Å². The molecule has 4 nitrogen and oxygen atoms in total. The summed E-state index contributed by atoms with van der Waals surface area (Å²) in [5.41, 5.74) is 4.99. The molecule has 2 heterocycles. The lowest BCUT2D eigenvalue weighted by molar-refractivity contribution is 0.0996. The number of anilines is 1. The fraction of sp³-hybridized carbons (Fsp3) is 0.176. The molecule has 104 valence electrons. The maximum absolute atomic E-state index is 12.6. The van der Waals surface area contributed by atoms with Crippen LogP contribution in [-0.2, 0) is 13.6 Å². The van der Waals surface area contributed by atoms with Crippen molar-refractivity contribution in [3.05, 3.63) is 59.3 Å². The molecule has 1 aromatic heterocycles. The topological polar surface area (TPSA) is 38.1 Å². The number of aromatic nitrogens is 2. The van der Waals surface area contributed by atoms with Gasteiger partial charge in [0.2, 0.25) is 0 Å². The molecule has 0 bridgehead atoms. The minimum Gasteiger partial charge on any atom is -0.304 e. The Kier molecular flexibility index (Phi) is 2.42. The van der Waals surface area contributed by atoms with Crippen LogP contribution in [0, 0.1) is 6.92 Å². The highest BCUT2D eigenvalue weighted by atomic mass is 16.2.